The largest absolute Gasteiger partial charge is 0.481 e. The molecule has 0 saturated carbocycles. The fourth-order valence-corrected chi connectivity index (χ4v) is 3.92. The Hall–Kier alpha value is -3.39. The second-order valence-corrected chi connectivity index (χ2v) is 8.51. The standard InChI is InChI=1S/C26H29ClFN3O4/c1-6-9-18(24(29-4)33-5)19-13-20(26(32)31-10-7-8-11-31)22(28)14-23(19)35-17-12-21(27)25(30-15-17)34-16(2)3/h6,9,12-16H,1,7-8,10-11H2,2-5H3/b18-9-,29-24?. The fraction of sp³-hybridized carbons (Fsp3) is 0.346. The third kappa shape index (κ3) is 6.19. The number of ether oxygens (including phenoxy) is 3. The van der Waals surface area contributed by atoms with E-state index in [1.807, 2.05) is 13.8 Å². The highest BCUT2D eigenvalue weighted by molar-refractivity contribution is 6.32. The van der Waals surface area contributed by atoms with Gasteiger partial charge >= 0.3 is 0 Å². The van der Waals surface area contributed by atoms with Crippen LogP contribution < -0.4 is 9.47 Å². The number of aromatic nitrogens is 1. The van der Waals surface area contributed by atoms with Gasteiger partial charge in [0.15, 0.2) is 0 Å². The lowest BCUT2D eigenvalue weighted by atomic mass is 9.99. The molecule has 0 aliphatic carbocycles. The lowest BCUT2D eigenvalue weighted by Gasteiger charge is -2.20. The van der Waals surface area contributed by atoms with Crippen LogP contribution in [0.2, 0.25) is 5.02 Å². The van der Waals surface area contributed by atoms with Crippen molar-refractivity contribution in [2.24, 2.45) is 4.99 Å². The van der Waals surface area contributed by atoms with E-state index in [0.717, 1.165) is 12.8 Å². The minimum atomic E-state index is -0.704. The SMILES string of the molecule is C=C/C=C(\C(=NC)OC)c1cc(C(=O)N2CCCC2)c(F)cc1Oc1cnc(OC(C)C)c(Cl)c1. The molecule has 3 rings (SSSR count). The van der Waals surface area contributed by atoms with Crippen molar-refractivity contribution in [3.63, 3.8) is 0 Å². The first-order chi connectivity index (χ1) is 16.8. The van der Waals surface area contributed by atoms with Gasteiger partial charge in [-0.25, -0.2) is 9.37 Å². The molecular weight excluding hydrogens is 473 g/mol. The number of methoxy groups -OCH3 is 1. The van der Waals surface area contributed by atoms with E-state index in [2.05, 4.69) is 16.6 Å². The Labute approximate surface area is 209 Å². The molecule has 9 heteroatoms. The molecule has 0 radical (unpaired) electrons. The number of pyridine rings is 1. The number of hydrogen-bond acceptors (Lipinski definition) is 6. The second kappa shape index (κ2) is 11.8. The third-order valence-corrected chi connectivity index (χ3v) is 5.52. The van der Waals surface area contributed by atoms with Gasteiger partial charge in [-0.15, -0.1) is 0 Å². The zero-order valence-electron chi connectivity index (χ0n) is 20.3. The minimum Gasteiger partial charge on any atom is -0.481 e. The maximum atomic E-state index is 15.2. The molecule has 7 nitrogen and oxygen atoms in total. The first-order valence-electron chi connectivity index (χ1n) is 11.3. The average molecular weight is 502 g/mol. The van der Waals surface area contributed by atoms with Crippen LogP contribution in [0.1, 0.15) is 42.6 Å². The molecule has 2 heterocycles. The number of rotatable bonds is 8. The third-order valence-electron chi connectivity index (χ3n) is 5.25. The number of carbonyl (C=O) groups excluding carboxylic acids is 1. The molecule has 1 fully saturated rings. The lowest BCUT2D eigenvalue weighted by molar-refractivity contribution is 0.0788. The summed E-state index contributed by atoms with van der Waals surface area (Å²) >= 11 is 6.30. The molecule has 1 aliphatic rings. The number of allylic oxidation sites excluding steroid dienone is 2. The van der Waals surface area contributed by atoms with Gasteiger partial charge in [0.1, 0.15) is 22.3 Å². The summed E-state index contributed by atoms with van der Waals surface area (Å²) in [5, 5.41) is 0.244. The number of amides is 1. The van der Waals surface area contributed by atoms with Crippen molar-refractivity contribution >= 4 is 29.0 Å². The predicted molar refractivity (Wildman–Crippen MR) is 135 cm³/mol. The Morgan fingerprint density at radius 3 is 2.54 bits per heavy atom. The van der Waals surface area contributed by atoms with Crippen LogP contribution in [0.4, 0.5) is 4.39 Å². The van der Waals surface area contributed by atoms with Crippen molar-refractivity contribution < 1.29 is 23.4 Å². The van der Waals surface area contributed by atoms with Crippen molar-refractivity contribution in [3.05, 3.63) is 65.1 Å². The molecule has 0 N–H and O–H groups in total. The van der Waals surface area contributed by atoms with Gasteiger partial charge in [0, 0.05) is 43.4 Å². The fourth-order valence-electron chi connectivity index (χ4n) is 3.72. The van der Waals surface area contributed by atoms with E-state index >= 15 is 4.39 Å². The topological polar surface area (TPSA) is 73.2 Å². The zero-order chi connectivity index (χ0) is 25.5. The summed E-state index contributed by atoms with van der Waals surface area (Å²) in [6, 6.07) is 4.15. The maximum absolute atomic E-state index is 15.2. The summed E-state index contributed by atoms with van der Waals surface area (Å²) in [6.07, 6.45) is 6.30. The van der Waals surface area contributed by atoms with Gasteiger partial charge in [0.05, 0.1) is 25.0 Å². The normalized spacial score (nSPS) is 14.3. The highest BCUT2D eigenvalue weighted by Crippen LogP contribution is 2.36. The van der Waals surface area contributed by atoms with E-state index in [1.54, 1.807) is 24.1 Å². The van der Waals surface area contributed by atoms with Crippen molar-refractivity contribution in [2.75, 3.05) is 27.2 Å². The van der Waals surface area contributed by atoms with Gasteiger partial charge in [-0.1, -0.05) is 24.3 Å². The summed E-state index contributed by atoms with van der Waals surface area (Å²) in [6.45, 7) is 8.66. The number of carbonyl (C=O) groups is 1. The van der Waals surface area contributed by atoms with Crippen LogP contribution in [0.15, 0.2) is 48.1 Å². The molecule has 186 valence electrons. The van der Waals surface area contributed by atoms with Gasteiger partial charge in [0.25, 0.3) is 5.91 Å². The first-order valence-corrected chi connectivity index (χ1v) is 11.6. The van der Waals surface area contributed by atoms with Crippen LogP contribution in [0.5, 0.6) is 17.4 Å². The molecule has 0 unspecified atom stereocenters. The molecule has 1 aromatic heterocycles. The van der Waals surface area contributed by atoms with Gasteiger partial charge in [-0.2, -0.15) is 0 Å². The molecule has 1 aliphatic heterocycles. The van der Waals surface area contributed by atoms with Crippen molar-refractivity contribution in [1.29, 1.82) is 0 Å². The lowest BCUT2D eigenvalue weighted by Crippen LogP contribution is -2.28. The quantitative estimate of drug-likeness (QED) is 0.254. The minimum absolute atomic E-state index is 0.0624. The summed E-state index contributed by atoms with van der Waals surface area (Å²) in [5.41, 5.74) is 0.803. The van der Waals surface area contributed by atoms with Crippen LogP contribution in [0.3, 0.4) is 0 Å². The Balaban J connectivity index is 2.11. The first kappa shape index (κ1) is 26.2. The number of benzene rings is 1. The van der Waals surface area contributed by atoms with Gasteiger partial charge in [-0.3, -0.25) is 9.79 Å². The van der Waals surface area contributed by atoms with E-state index in [0.29, 0.717) is 24.2 Å². The molecule has 0 atom stereocenters. The highest BCUT2D eigenvalue weighted by Gasteiger charge is 2.26. The number of likely N-dealkylation sites (tertiary alicyclic amines) is 1. The number of aliphatic imine (C=N–C) groups is 1. The Morgan fingerprint density at radius 2 is 1.97 bits per heavy atom. The molecule has 1 aromatic carbocycles. The number of nitrogens with zero attached hydrogens (tertiary/aromatic N) is 3. The zero-order valence-corrected chi connectivity index (χ0v) is 21.1. The Morgan fingerprint density at radius 1 is 1.26 bits per heavy atom. The summed E-state index contributed by atoms with van der Waals surface area (Å²) < 4.78 is 32.2. The predicted octanol–water partition coefficient (Wildman–Crippen LogP) is 5.93. The van der Waals surface area contributed by atoms with Gasteiger partial charge in [0.2, 0.25) is 11.8 Å². The average Bonchev–Trinajstić information content (AvgIpc) is 3.36. The van der Waals surface area contributed by atoms with Crippen LogP contribution in [-0.2, 0) is 4.74 Å². The van der Waals surface area contributed by atoms with Crippen LogP contribution in [0, 0.1) is 5.82 Å². The van der Waals surface area contributed by atoms with Gasteiger partial charge in [-0.05, 0) is 38.8 Å². The summed E-state index contributed by atoms with van der Waals surface area (Å²) in [7, 11) is 3.03. The van der Waals surface area contributed by atoms with Crippen molar-refractivity contribution in [2.45, 2.75) is 32.8 Å². The maximum Gasteiger partial charge on any atom is 0.256 e. The number of hydrogen-bond donors (Lipinski definition) is 0. The van der Waals surface area contributed by atoms with Crippen molar-refractivity contribution in [3.8, 4) is 17.4 Å². The van der Waals surface area contributed by atoms with Crippen molar-refractivity contribution in [1.82, 2.24) is 9.88 Å². The molecule has 35 heavy (non-hydrogen) atoms. The molecular formula is C26H29ClFN3O4. The van der Waals surface area contributed by atoms with Crippen LogP contribution in [0.25, 0.3) is 5.57 Å². The Kier molecular flexibility index (Phi) is 8.87. The smallest absolute Gasteiger partial charge is 0.256 e. The Bertz CT molecular complexity index is 1160. The molecule has 2 aromatic rings. The number of halogens is 2. The second-order valence-electron chi connectivity index (χ2n) is 8.10. The summed E-state index contributed by atoms with van der Waals surface area (Å²) in [4.78, 5) is 23.1. The van der Waals surface area contributed by atoms with E-state index in [9.17, 15) is 4.79 Å². The van der Waals surface area contributed by atoms with E-state index in [-0.39, 0.29) is 45.9 Å². The van der Waals surface area contributed by atoms with E-state index in [4.69, 9.17) is 25.8 Å². The molecule has 1 amide bonds. The van der Waals surface area contributed by atoms with Crippen LogP contribution in [-0.4, -0.2) is 55.0 Å². The van der Waals surface area contributed by atoms with Crippen LogP contribution >= 0.6 is 11.6 Å². The van der Waals surface area contributed by atoms with Gasteiger partial charge < -0.3 is 19.1 Å². The molecule has 0 bridgehead atoms. The molecule has 1 saturated heterocycles. The van der Waals surface area contributed by atoms with E-state index < -0.39 is 5.82 Å². The molecule has 0 spiro atoms. The highest BCUT2D eigenvalue weighted by atomic mass is 35.5. The van der Waals surface area contributed by atoms with E-state index in [1.165, 1.54) is 31.5 Å². The monoisotopic (exact) mass is 501 g/mol. The summed E-state index contributed by atoms with van der Waals surface area (Å²) in [5.74, 6) is -0.169.